The Morgan fingerprint density at radius 2 is 1.17 bits per heavy atom. The Bertz CT molecular complexity index is 955. The fourth-order valence-corrected chi connectivity index (χ4v) is 4.45. The van der Waals surface area contributed by atoms with E-state index in [2.05, 4.69) is 71.9 Å². The molecule has 0 aliphatic heterocycles. The van der Waals surface area contributed by atoms with Crippen LogP contribution in [0.3, 0.4) is 0 Å². The van der Waals surface area contributed by atoms with E-state index in [-0.39, 0.29) is 5.92 Å². The van der Waals surface area contributed by atoms with Crippen molar-refractivity contribution in [3.05, 3.63) is 106 Å². The lowest BCUT2D eigenvalue weighted by Gasteiger charge is -2.42. The van der Waals surface area contributed by atoms with Gasteiger partial charge in [0.2, 0.25) is 0 Å². The lowest BCUT2D eigenvalue weighted by molar-refractivity contribution is 0.319. The predicted octanol–water partition coefficient (Wildman–Crippen LogP) is 4.87. The molecule has 6 rings (SSSR count). The molecule has 3 aliphatic carbocycles. The topological polar surface area (TPSA) is 32.6 Å². The highest BCUT2D eigenvalue weighted by Crippen LogP contribution is 2.55. The van der Waals surface area contributed by atoms with E-state index in [0.29, 0.717) is 11.6 Å². The highest BCUT2D eigenvalue weighted by molar-refractivity contribution is 5.98. The maximum Gasteiger partial charge on any atom is 0.0837 e. The van der Waals surface area contributed by atoms with E-state index in [4.69, 9.17) is 5.21 Å². The Labute approximate surface area is 141 Å². The average molecular weight is 311 g/mol. The average Bonchev–Trinajstić information content (AvgIpc) is 2.66. The van der Waals surface area contributed by atoms with Gasteiger partial charge in [0.15, 0.2) is 0 Å². The molecule has 0 amide bonds. The Balaban J connectivity index is 1.83. The van der Waals surface area contributed by atoms with Crippen LogP contribution in [0.2, 0.25) is 0 Å². The van der Waals surface area contributed by atoms with Crippen LogP contribution in [0.25, 0.3) is 0 Å². The normalized spacial score (nSPS) is 20.3. The molecular weight excluding hydrogens is 294 g/mol. The number of hydrogen-bond acceptors (Lipinski definition) is 2. The summed E-state index contributed by atoms with van der Waals surface area (Å²) in [7, 11) is 0. The molecule has 0 atom stereocenters. The molecule has 0 saturated carbocycles. The zero-order chi connectivity index (χ0) is 16.3. The molecule has 3 aromatic carbocycles. The summed E-state index contributed by atoms with van der Waals surface area (Å²) in [6, 6.07) is 24.1. The van der Waals surface area contributed by atoms with Gasteiger partial charge in [-0.25, -0.2) is 0 Å². The van der Waals surface area contributed by atoms with Crippen LogP contribution in [-0.4, -0.2) is 10.9 Å². The zero-order valence-corrected chi connectivity index (χ0v) is 13.4. The molecule has 3 aliphatic rings. The number of hydrogen-bond donors (Lipinski definition) is 1. The molecule has 0 unspecified atom stereocenters. The van der Waals surface area contributed by atoms with Crippen LogP contribution in [-0.2, 0) is 0 Å². The van der Waals surface area contributed by atoms with E-state index in [0.717, 1.165) is 5.56 Å². The van der Waals surface area contributed by atoms with Crippen molar-refractivity contribution >= 4 is 5.71 Å². The zero-order valence-electron chi connectivity index (χ0n) is 13.4. The third kappa shape index (κ3) is 1.63. The summed E-state index contributed by atoms with van der Waals surface area (Å²) in [4.78, 5) is 0. The molecular formula is C22H17NO. The van der Waals surface area contributed by atoms with Crippen LogP contribution >= 0.6 is 0 Å². The first-order chi connectivity index (χ1) is 11.8. The van der Waals surface area contributed by atoms with Gasteiger partial charge in [-0.05, 0) is 51.9 Å². The molecule has 0 spiro atoms. The van der Waals surface area contributed by atoms with Gasteiger partial charge in [0.1, 0.15) is 0 Å². The minimum atomic E-state index is 0.267. The fraction of sp³-hybridized carbons (Fsp3) is 0.136. The lowest BCUT2D eigenvalue weighted by atomic mass is 9.61. The van der Waals surface area contributed by atoms with E-state index in [9.17, 15) is 0 Å². The largest absolute Gasteiger partial charge is 0.411 e. The molecule has 0 saturated heterocycles. The van der Waals surface area contributed by atoms with Gasteiger partial charge in [0.05, 0.1) is 5.71 Å². The standard InChI is InChI=1S/C22H17NO/c1-13(23-24)14-10-11-19-20(12-14)22-17-8-4-2-6-15(17)21(19)16-7-3-5-9-18(16)22/h2-12,21-22,24H,1H3. The Morgan fingerprint density at radius 3 is 1.67 bits per heavy atom. The van der Waals surface area contributed by atoms with E-state index in [1.54, 1.807) is 0 Å². The summed E-state index contributed by atoms with van der Waals surface area (Å²) in [6.07, 6.45) is 0. The second-order valence-electron chi connectivity index (χ2n) is 6.65. The number of oxime groups is 1. The van der Waals surface area contributed by atoms with Crippen LogP contribution in [0.15, 0.2) is 71.9 Å². The summed E-state index contributed by atoms with van der Waals surface area (Å²) >= 11 is 0. The highest BCUT2D eigenvalue weighted by atomic mass is 16.4. The van der Waals surface area contributed by atoms with Crippen molar-refractivity contribution in [1.82, 2.24) is 0 Å². The van der Waals surface area contributed by atoms with Crippen LogP contribution < -0.4 is 0 Å². The van der Waals surface area contributed by atoms with Crippen LogP contribution in [0, 0.1) is 0 Å². The summed E-state index contributed by atoms with van der Waals surface area (Å²) in [5.41, 5.74) is 10.0. The lowest BCUT2D eigenvalue weighted by Crippen LogP contribution is -2.27. The third-order valence-corrected chi connectivity index (χ3v) is 5.51. The van der Waals surface area contributed by atoms with Gasteiger partial charge in [-0.3, -0.25) is 0 Å². The van der Waals surface area contributed by atoms with Gasteiger partial charge >= 0.3 is 0 Å². The van der Waals surface area contributed by atoms with Crippen LogP contribution in [0.4, 0.5) is 0 Å². The number of rotatable bonds is 1. The molecule has 24 heavy (non-hydrogen) atoms. The maximum atomic E-state index is 9.13. The summed E-state index contributed by atoms with van der Waals surface area (Å²) in [5, 5.41) is 12.5. The number of nitrogens with zero attached hydrogens (tertiary/aromatic N) is 1. The van der Waals surface area contributed by atoms with Crippen molar-refractivity contribution < 1.29 is 5.21 Å². The molecule has 0 aromatic heterocycles. The summed E-state index contributed by atoms with van der Waals surface area (Å²) in [6.45, 7) is 1.84. The van der Waals surface area contributed by atoms with E-state index < -0.39 is 0 Å². The van der Waals surface area contributed by atoms with Gasteiger partial charge in [-0.1, -0.05) is 65.8 Å². The van der Waals surface area contributed by atoms with Gasteiger partial charge in [0, 0.05) is 11.8 Å². The Morgan fingerprint density at radius 1 is 0.708 bits per heavy atom. The predicted molar refractivity (Wildman–Crippen MR) is 95.2 cm³/mol. The second-order valence-corrected chi connectivity index (χ2v) is 6.65. The van der Waals surface area contributed by atoms with Crippen molar-refractivity contribution in [2.45, 2.75) is 18.8 Å². The minimum Gasteiger partial charge on any atom is -0.411 e. The molecule has 2 bridgehead atoms. The molecule has 0 radical (unpaired) electrons. The van der Waals surface area contributed by atoms with Crippen LogP contribution in [0.1, 0.15) is 57.7 Å². The monoisotopic (exact) mass is 311 g/mol. The van der Waals surface area contributed by atoms with Crippen molar-refractivity contribution in [3.63, 3.8) is 0 Å². The van der Waals surface area contributed by atoms with E-state index >= 15 is 0 Å². The highest BCUT2D eigenvalue weighted by Gasteiger charge is 2.40. The first kappa shape index (κ1) is 13.6. The molecule has 3 aromatic rings. The molecule has 1 N–H and O–H groups in total. The molecule has 116 valence electrons. The first-order valence-electron chi connectivity index (χ1n) is 8.30. The Kier molecular flexibility index (Phi) is 2.72. The van der Waals surface area contributed by atoms with Crippen molar-refractivity contribution in [2.24, 2.45) is 5.16 Å². The minimum absolute atomic E-state index is 0.267. The van der Waals surface area contributed by atoms with Gasteiger partial charge in [-0.15, -0.1) is 0 Å². The fourth-order valence-electron chi connectivity index (χ4n) is 4.45. The van der Waals surface area contributed by atoms with Crippen LogP contribution in [0.5, 0.6) is 0 Å². The molecule has 2 heteroatoms. The summed E-state index contributed by atoms with van der Waals surface area (Å²) < 4.78 is 0. The first-order valence-corrected chi connectivity index (χ1v) is 8.30. The SMILES string of the molecule is CC(=NO)c1ccc2c(c1)C1c3ccccc3C2c2ccccc21. The Hall–Kier alpha value is -2.87. The van der Waals surface area contributed by atoms with E-state index in [1.807, 2.05) is 6.92 Å². The van der Waals surface area contributed by atoms with Crippen molar-refractivity contribution in [2.75, 3.05) is 0 Å². The van der Waals surface area contributed by atoms with E-state index in [1.165, 1.54) is 33.4 Å². The molecule has 2 nitrogen and oxygen atoms in total. The van der Waals surface area contributed by atoms with Gasteiger partial charge in [-0.2, -0.15) is 0 Å². The molecule has 0 fully saturated rings. The van der Waals surface area contributed by atoms with Gasteiger partial charge in [0.25, 0.3) is 0 Å². The van der Waals surface area contributed by atoms with Crippen molar-refractivity contribution in [1.29, 1.82) is 0 Å². The molecule has 0 heterocycles. The quantitative estimate of drug-likeness (QED) is 0.267. The third-order valence-electron chi connectivity index (χ3n) is 5.51. The van der Waals surface area contributed by atoms with Crippen molar-refractivity contribution in [3.8, 4) is 0 Å². The maximum absolute atomic E-state index is 9.13. The smallest absolute Gasteiger partial charge is 0.0837 e. The van der Waals surface area contributed by atoms with Gasteiger partial charge < -0.3 is 5.21 Å². The second kappa shape index (κ2) is 4.81. The number of benzene rings is 3. The summed E-state index contributed by atoms with van der Waals surface area (Å²) in [5.74, 6) is 0.571.